The minimum Gasteiger partial charge on any atom is -0.468 e. The van der Waals surface area contributed by atoms with E-state index in [1.165, 1.54) is 19.2 Å². The minimum absolute atomic E-state index is 0.332. The lowest BCUT2D eigenvalue weighted by molar-refractivity contribution is -0.147. The summed E-state index contributed by atoms with van der Waals surface area (Å²) in [6.45, 7) is 1.08. The predicted molar refractivity (Wildman–Crippen MR) is 65.7 cm³/mol. The molecule has 0 heterocycles. The average molecular weight is 255 g/mol. The molecule has 18 heavy (non-hydrogen) atoms. The summed E-state index contributed by atoms with van der Waals surface area (Å²) in [5.41, 5.74) is 0.696. The molecule has 0 amide bonds. The number of likely N-dealkylation sites (N-methyl/N-ethyl adjacent to an activating group) is 1. The van der Waals surface area contributed by atoms with Gasteiger partial charge in [-0.15, -0.1) is 0 Å². The number of benzene rings is 1. The van der Waals surface area contributed by atoms with Gasteiger partial charge in [0.15, 0.2) is 0 Å². The van der Waals surface area contributed by atoms with Crippen LogP contribution in [-0.4, -0.2) is 45.3 Å². The molecule has 1 unspecified atom stereocenters. The summed E-state index contributed by atoms with van der Waals surface area (Å²) in [5, 5.41) is 0. The lowest BCUT2D eigenvalue weighted by atomic mass is 10.1. The number of carbonyl (C=O) groups is 1. The van der Waals surface area contributed by atoms with Gasteiger partial charge in [-0.2, -0.15) is 0 Å². The number of esters is 1. The first kappa shape index (κ1) is 14.6. The van der Waals surface area contributed by atoms with E-state index in [1.54, 1.807) is 26.3 Å². The van der Waals surface area contributed by atoms with Gasteiger partial charge in [0.2, 0.25) is 0 Å². The van der Waals surface area contributed by atoms with Crippen molar-refractivity contribution in [1.82, 2.24) is 4.90 Å². The van der Waals surface area contributed by atoms with Gasteiger partial charge in [0.05, 0.1) is 13.7 Å². The Labute approximate surface area is 106 Å². The quantitative estimate of drug-likeness (QED) is 0.724. The third-order valence-electron chi connectivity index (χ3n) is 2.70. The SMILES string of the molecule is COCCN(C)C(C(=O)OC)c1ccc(F)cc1. The Kier molecular flexibility index (Phi) is 5.74. The van der Waals surface area contributed by atoms with E-state index in [2.05, 4.69) is 0 Å². The van der Waals surface area contributed by atoms with E-state index in [-0.39, 0.29) is 11.8 Å². The highest BCUT2D eigenvalue weighted by Crippen LogP contribution is 2.21. The summed E-state index contributed by atoms with van der Waals surface area (Å²) in [4.78, 5) is 13.6. The molecule has 0 spiro atoms. The van der Waals surface area contributed by atoms with Crippen LogP contribution in [0.25, 0.3) is 0 Å². The average Bonchev–Trinajstić information content (AvgIpc) is 2.38. The number of carbonyl (C=O) groups excluding carboxylic acids is 1. The van der Waals surface area contributed by atoms with Gasteiger partial charge >= 0.3 is 5.97 Å². The fraction of sp³-hybridized carbons (Fsp3) is 0.462. The fourth-order valence-electron chi connectivity index (χ4n) is 1.69. The van der Waals surface area contributed by atoms with Crippen LogP contribution in [0.2, 0.25) is 0 Å². The first-order chi connectivity index (χ1) is 8.60. The molecule has 1 rings (SSSR count). The van der Waals surface area contributed by atoms with Crippen molar-refractivity contribution >= 4 is 5.97 Å². The molecule has 1 aromatic rings. The number of halogens is 1. The summed E-state index contributed by atoms with van der Waals surface area (Å²) >= 11 is 0. The number of methoxy groups -OCH3 is 2. The molecular weight excluding hydrogens is 237 g/mol. The maximum absolute atomic E-state index is 12.9. The fourth-order valence-corrected chi connectivity index (χ4v) is 1.69. The second kappa shape index (κ2) is 7.08. The third-order valence-corrected chi connectivity index (χ3v) is 2.70. The molecule has 0 aromatic heterocycles. The van der Waals surface area contributed by atoms with Crippen LogP contribution in [0.1, 0.15) is 11.6 Å². The highest BCUT2D eigenvalue weighted by molar-refractivity contribution is 5.77. The Morgan fingerprint density at radius 1 is 1.33 bits per heavy atom. The first-order valence-electron chi connectivity index (χ1n) is 5.62. The Bertz CT molecular complexity index is 380. The van der Waals surface area contributed by atoms with Gasteiger partial charge < -0.3 is 9.47 Å². The van der Waals surface area contributed by atoms with E-state index in [9.17, 15) is 9.18 Å². The van der Waals surface area contributed by atoms with Crippen molar-refractivity contribution in [2.75, 3.05) is 34.4 Å². The largest absolute Gasteiger partial charge is 0.468 e. The second-order valence-electron chi connectivity index (χ2n) is 3.95. The molecule has 4 nitrogen and oxygen atoms in total. The van der Waals surface area contributed by atoms with Crippen LogP contribution in [0.3, 0.4) is 0 Å². The Balaban J connectivity index is 2.90. The van der Waals surface area contributed by atoms with Crippen LogP contribution in [0.4, 0.5) is 4.39 Å². The van der Waals surface area contributed by atoms with Gasteiger partial charge in [-0.1, -0.05) is 12.1 Å². The van der Waals surface area contributed by atoms with Gasteiger partial charge in [0.1, 0.15) is 11.9 Å². The van der Waals surface area contributed by atoms with Crippen molar-refractivity contribution in [3.8, 4) is 0 Å². The molecule has 0 saturated carbocycles. The van der Waals surface area contributed by atoms with Crippen molar-refractivity contribution in [3.63, 3.8) is 0 Å². The van der Waals surface area contributed by atoms with Gasteiger partial charge in [0.25, 0.3) is 0 Å². The van der Waals surface area contributed by atoms with Crippen LogP contribution < -0.4 is 0 Å². The van der Waals surface area contributed by atoms with Crippen LogP contribution in [0.5, 0.6) is 0 Å². The molecule has 0 aliphatic heterocycles. The molecule has 0 aliphatic rings. The molecule has 1 aromatic carbocycles. The maximum Gasteiger partial charge on any atom is 0.327 e. The molecule has 0 aliphatic carbocycles. The lowest BCUT2D eigenvalue weighted by Gasteiger charge is -2.25. The summed E-state index contributed by atoms with van der Waals surface area (Å²) in [7, 11) is 4.73. The van der Waals surface area contributed by atoms with E-state index >= 15 is 0 Å². The van der Waals surface area contributed by atoms with Crippen molar-refractivity contribution in [1.29, 1.82) is 0 Å². The second-order valence-corrected chi connectivity index (χ2v) is 3.95. The highest BCUT2D eigenvalue weighted by atomic mass is 19.1. The zero-order valence-electron chi connectivity index (χ0n) is 10.9. The Morgan fingerprint density at radius 2 is 1.94 bits per heavy atom. The molecule has 1 atom stereocenters. The zero-order valence-corrected chi connectivity index (χ0v) is 10.9. The van der Waals surface area contributed by atoms with Crippen LogP contribution in [0, 0.1) is 5.82 Å². The number of nitrogens with zero attached hydrogens (tertiary/aromatic N) is 1. The van der Waals surface area contributed by atoms with E-state index in [4.69, 9.17) is 9.47 Å². The van der Waals surface area contributed by atoms with Gasteiger partial charge in [-0.05, 0) is 24.7 Å². The smallest absolute Gasteiger partial charge is 0.327 e. The standard InChI is InChI=1S/C13H18FNO3/c1-15(8-9-17-2)12(13(16)18-3)10-4-6-11(14)7-5-10/h4-7,12H,8-9H2,1-3H3. The first-order valence-corrected chi connectivity index (χ1v) is 5.62. The van der Waals surface area contributed by atoms with Gasteiger partial charge in [-0.3, -0.25) is 4.90 Å². The van der Waals surface area contributed by atoms with Crippen molar-refractivity contribution in [2.45, 2.75) is 6.04 Å². The zero-order chi connectivity index (χ0) is 13.5. The van der Waals surface area contributed by atoms with Gasteiger partial charge in [0, 0.05) is 13.7 Å². The van der Waals surface area contributed by atoms with E-state index in [1.807, 2.05) is 4.90 Å². The van der Waals surface area contributed by atoms with Crippen molar-refractivity contribution in [2.24, 2.45) is 0 Å². The highest BCUT2D eigenvalue weighted by Gasteiger charge is 2.25. The molecule has 0 N–H and O–H groups in total. The van der Waals surface area contributed by atoms with E-state index < -0.39 is 6.04 Å². The molecule has 0 radical (unpaired) electrons. The summed E-state index contributed by atoms with van der Waals surface area (Å²) in [6.07, 6.45) is 0. The Morgan fingerprint density at radius 3 is 2.44 bits per heavy atom. The molecule has 100 valence electrons. The monoisotopic (exact) mass is 255 g/mol. The number of ether oxygens (including phenoxy) is 2. The number of hydrogen-bond donors (Lipinski definition) is 0. The van der Waals surface area contributed by atoms with E-state index in [0.717, 1.165) is 0 Å². The minimum atomic E-state index is -0.550. The molecular formula is C13H18FNO3. The van der Waals surface area contributed by atoms with Gasteiger partial charge in [-0.25, -0.2) is 9.18 Å². The predicted octanol–water partition coefficient (Wildman–Crippen LogP) is 1.62. The molecule has 5 heteroatoms. The normalized spacial score (nSPS) is 12.5. The number of hydrogen-bond acceptors (Lipinski definition) is 4. The lowest BCUT2D eigenvalue weighted by Crippen LogP contribution is -2.34. The Hall–Kier alpha value is -1.46. The van der Waals surface area contributed by atoms with Crippen LogP contribution >= 0.6 is 0 Å². The van der Waals surface area contributed by atoms with Crippen molar-refractivity contribution in [3.05, 3.63) is 35.6 Å². The maximum atomic E-state index is 12.9. The van der Waals surface area contributed by atoms with E-state index in [0.29, 0.717) is 18.7 Å². The summed E-state index contributed by atoms with van der Waals surface area (Å²) in [6, 6.07) is 5.27. The molecule has 0 bridgehead atoms. The van der Waals surface area contributed by atoms with Crippen molar-refractivity contribution < 1.29 is 18.7 Å². The number of rotatable bonds is 6. The summed E-state index contributed by atoms with van der Waals surface area (Å²) < 4.78 is 22.6. The molecule has 0 saturated heterocycles. The molecule has 0 fully saturated rings. The third kappa shape index (κ3) is 3.78. The summed E-state index contributed by atoms with van der Waals surface area (Å²) in [5.74, 6) is -0.706. The topological polar surface area (TPSA) is 38.8 Å². The van der Waals surface area contributed by atoms with Crippen LogP contribution in [-0.2, 0) is 14.3 Å². The van der Waals surface area contributed by atoms with Crippen LogP contribution in [0.15, 0.2) is 24.3 Å².